The van der Waals surface area contributed by atoms with Crippen molar-refractivity contribution in [2.75, 3.05) is 6.54 Å². The van der Waals surface area contributed by atoms with Crippen molar-refractivity contribution in [2.24, 2.45) is 0 Å². The summed E-state index contributed by atoms with van der Waals surface area (Å²) < 4.78 is 0. The van der Waals surface area contributed by atoms with Crippen molar-refractivity contribution in [3.05, 3.63) is 107 Å². The predicted octanol–water partition coefficient (Wildman–Crippen LogP) is 4.88. The smallest absolute Gasteiger partial charge is 0.295 e. The van der Waals surface area contributed by atoms with E-state index in [-0.39, 0.29) is 11.3 Å². The Bertz CT molecular complexity index is 1380. The number of nitrogens with zero attached hydrogens (tertiary/aromatic N) is 2. The normalized spacial score (nSPS) is 17.7. The second-order valence-electron chi connectivity index (χ2n) is 7.90. The number of likely N-dealkylation sites (tertiary alicyclic amines) is 1. The summed E-state index contributed by atoms with van der Waals surface area (Å²) in [7, 11) is 0. The number of H-pyrrole nitrogens is 1. The van der Waals surface area contributed by atoms with E-state index >= 15 is 0 Å². The maximum Gasteiger partial charge on any atom is 0.295 e. The number of carbonyl (C=O) groups excluding carboxylic acids is 2. The number of nitrogens with one attached hydrogen (secondary N) is 1. The molecule has 1 saturated heterocycles. The van der Waals surface area contributed by atoms with Crippen LogP contribution in [0, 0.1) is 0 Å². The van der Waals surface area contributed by atoms with Crippen molar-refractivity contribution in [1.82, 2.24) is 14.9 Å². The highest BCUT2D eigenvalue weighted by atomic mass is 35.5. The lowest BCUT2D eigenvalue weighted by Crippen LogP contribution is -2.31. The zero-order chi connectivity index (χ0) is 22.9. The van der Waals surface area contributed by atoms with Gasteiger partial charge in [0.25, 0.3) is 11.7 Å². The number of halogens is 1. The van der Waals surface area contributed by atoms with Crippen LogP contribution >= 0.6 is 11.6 Å². The van der Waals surface area contributed by atoms with Gasteiger partial charge in [-0.3, -0.25) is 14.6 Å². The molecule has 6 nitrogen and oxygen atoms in total. The molecule has 1 fully saturated rings. The van der Waals surface area contributed by atoms with Crippen molar-refractivity contribution in [2.45, 2.75) is 12.5 Å². The zero-order valence-corrected chi connectivity index (χ0v) is 18.3. The number of fused-ring (bicyclic) bond motifs is 1. The van der Waals surface area contributed by atoms with Gasteiger partial charge in [0.15, 0.2) is 0 Å². The van der Waals surface area contributed by atoms with Gasteiger partial charge in [-0.15, -0.1) is 0 Å². The van der Waals surface area contributed by atoms with Crippen LogP contribution in [0.25, 0.3) is 16.7 Å². The summed E-state index contributed by atoms with van der Waals surface area (Å²) in [6.45, 7) is 0.309. The minimum atomic E-state index is -0.736. The molecular weight excluding hydrogens is 438 g/mol. The molecule has 0 saturated carbocycles. The third-order valence-corrected chi connectivity index (χ3v) is 6.21. The Labute approximate surface area is 195 Å². The number of aliphatic hydroxyl groups is 1. The quantitative estimate of drug-likeness (QED) is 0.254. The van der Waals surface area contributed by atoms with Crippen molar-refractivity contribution >= 4 is 40.0 Å². The van der Waals surface area contributed by atoms with Gasteiger partial charge in [-0.25, -0.2) is 0 Å². The summed E-state index contributed by atoms with van der Waals surface area (Å²) in [4.78, 5) is 35.1. The Kier molecular flexibility index (Phi) is 5.44. The maximum absolute atomic E-state index is 13.1. The van der Waals surface area contributed by atoms with Crippen molar-refractivity contribution in [3.63, 3.8) is 0 Å². The van der Waals surface area contributed by atoms with Crippen molar-refractivity contribution in [1.29, 1.82) is 0 Å². The number of amides is 1. The van der Waals surface area contributed by atoms with Gasteiger partial charge < -0.3 is 15.0 Å². The highest BCUT2D eigenvalue weighted by Gasteiger charge is 2.46. The van der Waals surface area contributed by atoms with Gasteiger partial charge in [0.1, 0.15) is 5.76 Å². The van der Waals surface area contributed by atoms with Crippen LogP contribution in [0.4, 0.5) is 0 Å². The summed E-state index contributed by atoms with van der Waals surface area (Å²) in [5.74, 6) is -1.58. The fourth-order valence-electron chi connectivity index (χ4n) is 4.34. The van der Waals surface area contributed by atoms with E-state index < -0.39 is 17.7 Å². The van der Waals surface area contributed by atoms with E-state index in [1.165, 1.54) is 4.90 Å². The van der Waals surface area contributed by atoms with E-state index in [1.54, 1.807) is 48.8 Å². The number of benzene rings is 2. The highest BCUT2D eigenvalue weighted by molar-refractivity contribution is 6.46. The first-order valence-corrected chi connectivity index (χ1v) is 10.9. The van der Waals surface area contributed by atoms with Crippen molar-refractivity contribution in [3.8, 4) is 0 Å². The molecule has 1 amide bonds. The largest absolute Gasteiger partial charge is 0.507 e. The molecule has 33 heavy (non-hydrogen) atoms. The SMILES string of the molecule is O=C1C(=O)N(CCc2c[nH]c3ccccc23)C(c2cccnc2)/C1=C(/O)c1ccc(Cl)cc1. The molecular formula is C26H20ClN3O3. The molecule has 1 aliphatic heterocycles. The van der Waals surface area contributed by atoms with E-state index in [9.17, 15) is 14.7 Å². The molecule has 2 N–H and O–H groups in total. The third-order valence-electron chi connectivity index (χ3n) is 5.95. The zero-order valence-electron chi connectivity index (χ0n) is 17.5. The number of para-hydroxylation sites is 1. The van der Waals surface area contributed by atoms with E-state index in [0.29, 0.717) is 29.1 Å². The van der Waals surface area contributed by atoms with Crippen LogP contribution < -0.4 is 0 Å². The molecule has 1 atom stereocenters. The number of aromatic amines is 1. The standard InChI is InChI=1S/C26H20ClN3O3/c27-19-9-7-16(8-10-19)24(31)22-23(18-4-3-12-28-14-18)30(26(33)25(22)32)13-11-17-15-29-21-6-2-1-5-20(17)21/h1-10,12,14-15,23,29,31H,11,13H2/b24-22-. The topological polar surface area (TPSA) is 86.3 Å². The van der Waals surface area contributed by atoms with Gasteiger partial charge in [-0.2, -0.15) is 0 Å². The van der Waals surface area contributed by atoms with Crippen LogP contribution in [0.2, 0.25) is 5.02 Å². The molecule has 3 heterocycles. The molecule has 1 unspecified atom stereocenters. The van der Waals surface area contributed by atoms with Crippen molar-refractivity contribution < 1.29 is 14.7 Å². The van der Waals surface area contributed by atoms with Gasteiger partial charge in [-0.1, -0.05) is 35.9 Å². The minimum absolute atomic E-state index is 0.0502. The molecule has 1 aliphatic rings. The molecule has 2 aromatic heterocycles. The number of carbonyl (C=O) groups is 2. The number of hydrogen-bond acceptors (Lipinski definition) is 4. The molecule has 0 bridgehead atoms. The first-order valence-electron chi connectivity index (χ1n) is 10.5. The van der Waals surface area contributed by atoms with Crippen LogP contribution in [0.1, 0.15) is 22.7 Å². The van der Waals surface area contributed by atoms with Crippen LogP contribution in [-0.4, -0.2) is 38.2 Å². The van der Waals surface area contributed by atoms with E-state index in [2.05, 4.69) is 9.97 Å². The molecule has 5 rings (SSSR count). The lowest BCUT2D eigenvalue weighted by molar-refractivity contribution is -0.139. The number of hydrogen-bond donors (Lipinski definition) is 2. The summed E-state index contributed by atoms with van der Waals surface area (Å²) in [5.41, 5.74) is 3.19. The Morgan fingerprint density at radius 2 is 1.85 bits per heavy atom. The van der Waals surface area contributed by atoms with Crippen LogP contribution in [0.5, 0.6) is 0 Å². The maximum atomic E-state index is 13.1. The second-order valence-corrected chi connectivity index (χ2v) is 8.33. The van der Waals surface area contributed by atoms with Gasteiger partial charge in [-0.05, 0) is 53.9 Å². The lowest BCUT2D eigenvalue weighted by Gasteiger charge is -2.25. The predicted molar refractivity (Wildman–Crippen MR) is 127 cm³/mol. The van der Waals surface area contributed by atoms with Crippen LogP contribution in [0.15, 0.2) is 84.8 Å². The second kappa shape index (κ2) is 8.56. The van der Waals surface area contributed by atoms with Gasteiger partial charge in [0, 0.05) is 46.6 Å². The van der Waals surface area contributed by atoms with Gasteiger partial charge in [0.05, 0.1) is 11.6 Å². The fourth-order valence-corrected chi connectivity index (χ4v) is 4.46. The van der Waals surface area contributed by atoms with E-state index in [0.717, 1.165) is 16.5 Å². The summed E-state index contributed by atoms with van der Waals surface area (Å²) in [6.07, 6.45) is 5.72. The van der Waals surface area contributed by atoms with Gasteiger partial charge >= 0.3 is 0 Å². The molecule has 0 spiro atoms. The molecule has 4 aromatic rings. The van der Waals surface area contributed by atoms with E-state index in [4.69, 9.17) is 11.6 Å². The molecule has 164 valence electrons. The Hall–Kier alpha value is -3.90. The molecule has 2 aromatic carbocycles. The summed E-state index contributed by atoms with van der Waals surface area (Å²) >= 11 is 5.97. The third kappa shape index (κ3) is 3.79. The molecule has 7 heteroatoms. The monoisotopic (exact) mass is 457 g/mol. The number of Topliss-reactive ketones (excluding diaryl/α,β-unsaturated/α-hetero) is 1. The van der Waals surface area contributed by atoms with Crippen LogP contribution in [-0.2, 0) is 16.0 Å². The number of ketones is 1. The van der Waals surface area contributed by atoms with Gasteiger partial charge in [0.2, 0.25) is 0 Å². The molecule has 0 radical (unpaired) electrons. The fraction of sp³-hybridized carbons (Fsp3) is 0.115. The van der Waals surface area contributed by atoms with E-state index in [1.807, 2.05) is 30.5 Å². The highest BCUT2D eigenvalue weighted by Crippen LogP contribution is 2.39. The Balaban J connectivity index is 1.55. The lowest BCUT2D eigenvalue weighted by atomic mass is 9.96. The average Bonchev–Trinajstić information content (AvgIpc) is 3.37. The minimum Gasteiger partial charge on any atom is -0.507 e. The number of aliphatic hydroxyl groups excluding tert-OH is 1. The number of rotatable bonds is 5. The Morgan fingerprint density at radius 1 is 1.06 bits per heavy atom. The molecule has 0 aliphatic carbocycles. The summed E-state index contributed by atoms with van der Waals surface area (Å²) in [6, 6.07) is 17.3. The first-order chi connectivity index (χ1) is 16.0. The average molecular weight is 458 g/mol. The first kappa shape index (κ1) is 21.0. The van der Waals surface area contributed by atoms with Crippen LogP contribution in [0.3, 0.4) is 0 Å². The number of aromatic nitrogens is 2. The number of pyridine rings is 1. The Morgan fingerprint density at radius 3 is 2.61 bits per heavy atom. The summed E-state index contributed by atoms with van der Waals surface area (Å²) in [5, 5.41) is 12.6.